The Kier molecular flexibility index (Phi) is 2.02. The molecule has 1 aromatic heterocycles. The van der Waals surface area contributed by atoms with Crippen LogP contribution in [0.3, 0.4) is 0 Å². The molecule has 1 radical (unpaired) electrons. The van der Waals surface area contributed by atoms with E-state index in [9.17, 15) is 0 Å². The van der Waals surface area contributed by atoms with Gasteiger partial charge < -0.3 is 4.52 Å². The lowest BCUT2D eigenvalue weighted by atomic mass is 10.2. The summed E-state index contributed by atoms with van der Waals surface area (Å²) >= 11 is 5.89. The minimum absolute atomic E-state index is 0.499. The van der Waals surface area contributed by atoms with Gasteiger partial charge in [0.2, 0.25) is 11.7 Å². The van der Waals surface area contributed by atoms with Crippen molar-refractivity contribution >= 4 is 11.6 Å². The minimum Gasteiger partial charge on any atom is -0.339 e. The van der Waals surface area contributed by atoms with Crippen molar-refractivity contribution in [2.24, 2.45) is 0 Å². The molecule has 2 rings (SSSR count). The van der Waals surface area contributed by atoms with Crippen molar-refractivity contribution in [1.29, 1.82) is 0 Å². The van der Waals surface area contributed by atoms with Gasteiger partial charge in [-0.2, -0.15) is 4.98 Å². The first-order valence-corrected chi connectivity index (χ1v) is 4.12. The molecule has 0 atom stereocenters. The quantitative estimate of drug-likeness (QED) is 0.699. The fourth-order valence-electron chi connectivity index (χ4n) is 0.998. The van der Waals surface area contributed by atoms with E-state index in [-0.39, 0.29) is 0 Å². The van der Waals surface area contributed by atoms with E-state index in [4.69, 9.17) is 16.1 Å². The number of aryl methyl sites for hydroxylation is 1. The largest absolute Gasteiger partial charge is 0.339 e. The summed E-state index contributed by atoms with van der Waals surface area (Å²) in [4.78, 5) is 4.06. The summed E-state index contributed by atoms with van der Waals surface area (Å²) in [6.45, 7) is 1.73. The molecule has 0 bridgehead atoms. The standard InChI is InChI=1S/C9H6ClN2O/c1-6-11-9(12-13-6)7-4-2-3-5-8(7)10/h2-4H,1H3. The van der Waals surface area contributed by atoms with E-state index >= 15 is 0 Å². The highest BCUT2D eigenvalue weighted by Gasteiger charge is 2.08. The van der Waals surface area contributed by atoms with Gasteiger partial charge in [0, 0.05) is 18.6 Å². The Bertz CT molecular complexity index is 425. The molecule has 0 amide bonds. The van der Waals surface area contributed by atoms with E-state index in [1.807, 2.05) is 12.1 Å². The highest BCUT2D eigenvalue weighted by molar-refractivity contribution is 6.33. The van der Waals surface area contributed by atoms with E-state index in [0.29, 0.717) is 16.7 Å². The predicted octanol–water partition coefficient (Wildman–Crippen LogP) is 2.50. The highest BCUT2D eigenvalue weighted by atomic mass is 35.5. The molecule has 13 heavy (non-hydrogen) atoms. The van der Waals surface area contributed by atoms with E-state index < -0.39 is 0 Å². The van der Waals surface area contributed by atoms with Crippen molar-refractivity contribution in [3.05, 3.63) is 35.2 Å². The van der Waals surface area contributed by atoms with E-state index in [0.717, 1.165) is 5.56 Å². The van der Waals surface area contributed by atoms with Crippen LogP contribution in [-0.2, 0) is 0 Å². The third-order valence-corrected chi connectivity index (χ3v) is 1.89. The van der Waals surface area contributed by atoms with Crippen LogP contribution in [0.2, 0.25) is 5.02 Å². The van der Waals surface area contributed by atoms with Gasteiger partial charge in [-0.1, -0.05) is 28.9 Å². The third kappa shape index (κ3) is 1.55. The molecule has 1 aromatic carbocycles. The van der Waals surface area contributed by atoms with Gasteiger partial charge in [0.05, 0.1) is 5.02 Å². The maximum Gasteiger partial charge on any atom is 0.223 e. The second-order valence-electron chi connectivity index (χ2n) is 2.53. The summed E-state index contributed by atoms with van der Waals surface area (Å²) in [5.41, 5.74) is 0.737. The number of halogens is 1. The molecule has 3 nitrogen and oxygen atoms in total. The maximum absolute atomic E-state index is 5.89. The van der Waals surface area contributed by atoms with Crippen LogP contribution in [0.15, 0.2) is 22.7 Å². The van der Waals surface area contributed by atoms with Gasteiger partial charge in [-0.25, -0.2) is 0 Å². The molecule has 65 valence electrons. The summed E-state index contributed by atoms with van der Waals surface area (Å²) in [5.74, 6) is 1.02. The van der Waals surface area contributed by atoms with E-state index in [1.165, 1.54) is 0 Å². The molecule has 2 aromatic rings. The molecule has 0 unspecified atom stereocenters. The second kappa shape index (κ2) is 3.18. The van der Waals surface area contributed by atoms with Gasteiger partial charge in [-0.05, 0) is 6.07 Å². The normalized spacial score (nSPS) is 10.3. The van der Waals surface area contributed by atoms with Crippen LogP contribution in [0.25, 0.3) is 11.4 Å². The van der Waals surface area contributed by atoms with Gasteiger partial charge in [0.1, 0.15) is 0 Å². The molecular weight excluding hydrogens is 188 g/mol. The monoisotopic (exact) mass is 193 g/mol. The van der Waals surface area contributed by atoms with Crippen LogP contribution >= 0.6 is 11.6 Å². The van der Waals surface area contributed by atoms with Crippen LogP contribution in [0.5, 0.6) is 0 Å². The van der Waals surface area contributed by atoms with Crippen molar-refractivity contribution in [1.82, 2.24) is 10.1 Å². The molecule has 0 aliphatic rings. The molecule has 4 heteroatoms. The smallest absolute Gasteiger partial charge is 0.223 e. The first kappa shape index (κ1) is 8.26. The fraction of sp³-hybridized carbons (Fsp3) is 0.111. The summed E-state index contributed by atoms with van der Waals surface area (Å²) in [6, 6.07) is 8.24. The average Bonchev–Trinajstić information content (AvgIpc) is 2.53. The molecule has 0 aliphatic carbocycles. The highest BCUT2D eigenvalue weighted by Crippen LogP contribution is 2.23. The van der Waals surface area contributed by atoms with Crippen molar-refractivity contribution in [3.63, 3.8) is 0 Å². The van der Waals surface area contributed by atoms with Crippen molar-refractivity contribution < 1.29 is 4.52 Å². The number of hydrogen-bond donors (Lipinski definition) is 0. The first-order chi connectivity index (χ1) is 6.27. The lowest BCUT2D eigenvalue weighted by Crippen LogP contribution is -1.81. The zero-order valence-electron chi connectivity index (χ0n) is 6.91. The number of hydrogen-bond acceptors (Lipinski definition) is 3. The Morgan fingerprint density at radius 2 is 2.38 bits per heavy atom. The molecule has 0 saturated heterocycles. The first-order valence-electron chi connectivity index (χ1n) is 3.74. The Morgan fingerprint density at radius 1 is 1.54 bits per heavy atom. The van der Waals surface area contributed by atoms with Gasteiger partial charge in [0.15, 0.2) is 0 Å². The molecular formula is C9H6ClN2O. The van der Waals surface area contributed by atoms with Crippen molar-refractivity contribution in [2.75, 3.05) is 0 Å². The topological polar surface area (TPSA) is 38.9 Å². The summed E-state index contributed by atoms with van der Waals surface area (Å²) in [7, 11) is 0. The van der Waals surface area contributed by atoms with Gasteiger partial charge >= 0.3 is 0 Å². The molecule has 0 fully saturated rings. The lowest BCUT2D eigenvalue weighted by molar-refractivity contribution is 0.394. The Morgan fingerprint density at radius 3 is 3.00 bits per heavy atom. The molecule has 0 spiro atoms. The summed E-state index contributed by atoms with van der Waals surface area (Å²) in [6.07, 6.45) is 0. The number of benzene rings is 1. The third-order valence-electron chi connectivity index (χ3n) is 1.57. The minimum atomic E-state index is 0.499. The Labute approximate surface area is 80.3 Å². The van der Waals surface area contributed by atoms with Crippen LogP contribution in [0, 0.1) is 13.0 Å². The van der Waals surface area contributed by atoms with Crippen molar-refractivity contribution in [2.45, 2.75) is 6.92 Å². The number of rotatable bonds is 1. The molecule has 0 aliphatic heterocycles. The maximum atomic E-state index is 5.89. The van der Waals surface area contributed by atoms with Crippen molar-refractivity contribution in [3.8, 4) is 11.4 Å². The Balaban J connectivity index is 2.52. The molecule has 0 saturated carbocycles. The summed E-state index contributed by atoms with van der Waals surface area (Å²) < 4.78 is 4.84. The molecule has 1 heterocycles. The molecule has 0 N–H and O–H groups in total. The van der Waals surface area contributed by atoms with Crippen LogP contribution < -0.4 is 0 Å². The fourth-order valence-corrected chi connectivity index (χ4v) is 1.21. The van der Waals surface area contributed by atoms with Gasteiger partial charge in [-0.3, -0.25) is 0 Å². The zero-order chi connectivity index (χ0) is 9.26. The predicted molar refractivity (Wildman–Crippen MR) is 48.3 cm³/mol. The average molecular weight is 194 g/mol. The van der Waals surface area contributed by atoms with Gasteiger partial charge in [-0.15, -0.1) is 0 Å². The number of nitrogens with zero attached hydrogens (tertiary/aromatic N) is 2. The second-order valence-corrected chi connectivity index (χ2v) is 2.91. The lowest BCUT2D eigenvalue weighted by Gasteiger charge is -1.94. The SMILES string of the molecule is Cc1nc(-c2ccc[c]c2Cl)no1. The number of aromatic nitrogens is 2. The van der Waals surface area contributed by atoms with Crippen LogP contribution in [0.1, 0.15) is 5.89 Å². The summed E-state index contributed by atoms with van der Waals surface area (Å²) in [5, 5.41) is 4.26. The van der Waals surface area contributed by atoms with E-state index in [1.54, 1.807) is 13.0 Å². The van der Waals surface area contributed by atoms with Gasteiger partial charge in [0.25, 0.3) is 0 Å². The van der Waals surface area contributed by atoms with Crippen LogP contribution in [-0.4, -0.2) is 10.1 Å². The van der Waals surface area contributed by atoms with Crippen LogP contribution in [0.4, 0.5) is 0 Å². The zero-order valence-corrected chi connectivity index (χ0v) is 7.67. The van der Waals surface area contributed by atoms with E-state index in [2.05, 4.69) is 16.2 Å². The Hall–Kier alpha value is -1.35.